The smallest absolute Gasteiger partial charge is 0.201 e. The van der Waals surface area contributed by atoms with Crippen molar-refractivity contribution in [3.05, 3.63) is 59.4 Å². The van der Waals surface area contributed by atoms with Gasteiger partial charge in [-0.05, 0) is 43.8 Å². The molecule has 0 aromatic heterocycles. The van der Waals surface area contributed by atoms with Gasteiger partial charge in [-0.2, -0.15) is 4.39 Å². The summed E-state index contributed by atoms with van der Waals surface area (Å²) < 4.78 is 45.7. The maximum atomic E-state index is 13.7. The van der Waals surface area contributed by atoms with Crippen LogP contribution < -0.4 is 10.1 Å². The molecule has 1 N–H and O–H groups in total. The van der Waals surface area contributed by atoms with Crippen LogP contribution in [0.5, 0.6) is 11.5 Å². The van der Waals surface area contributed by atoms with E-state index in [4.69, 9.17) is 4.74 Å². The second kappa shape index (κ2) is 6.63. The lowest BCUT2D eigenvalue weighted by Gasteiger charge is -2.18. The van der Waals surface area contributed by atoms with Crippen LogP contribution in [0.4, 0.5) is 13.2 Å². The summed E-state index contributed by atoms with van der Waals surface area (Å²) in [6, 6.07) is 7.44. The molecule has 0 fully saturated rings. The lowest BCUT2D eigenvalue weighted by Crippen LogP contribution is -2.18. The molecule has 0 aliphatic heterocycles. The summed E-state index contributed by atoms with van der Waals surface area (Å²) in [5.74, 6) is -2.41. The molecule has 0 radical (unpaired) electrons. The Kier molecular flexibility index (Phi) is 4.85. The third-order valence-electron chi connectivity index (χ3n) is 3.08. The van der Waals surface area contributed by atoms with Gasteiger partial charge in [0, 0.05) is 11.6 Å². The predicted octanol–water partition coefficient (Wildman–Crippen LogP) is 4.57. The summed E-state index contributed by atoms with van der Waals surface area (Å²) in [4.78, 5) is 0. The van der Waals surface area contributed by atoms with Crippen molar-refractivity contribution in [2.45, 2.75) is 19.9 Å². The van der Waals surface area contributed by atoms with Crippen LogP contribution in [0.1, 0.15) is 25.5 Å². The van der Waals surface area contributed by atoms with E-state index < -0.39 is 17.5 Å². The number of nitrogens with one attached hydrogen (secondary N) is 1. The number of hydrogen-bond acceptors (Lipinski definition) is 2. The Hall–Kier alpha value is -2.01. The first kappa shape index (κ1) is 15.4. The van der Waals surface area contributed by atoms with E-state index in [-0.39, 0.29) is 17.5 Å². The van der Waals surface area contributed by atoms with Crippen LogP contribution in [0.15, 0.2) is 36.4 Å². The second-order valence-corrected chi connectivity index (χ2v) is 4.62. The van der Waals surface area contributed by atoms with Crippen molar-refractivity contribution >= 4 is 0 Å². The molecule has 0 aliphatic rings. The molecule has 0 heterocycles. The Bertz CT molecular complexity index is 631. The van der Waals surface area contributed by atoms with Gasteiger partial charge in [0.15, 0.2) is 11.6 Å². The number of halogens is 3. The van der Waals surface area contributed by atoms with Gasteiger partial charge in [-0.25, -0.2) is 8.78 Å². The monoisotopic (exact) mass is 295 g/mol. The summed E-state index contributed by atoms with van der Waals surface area (Å²) in [7, 11) is 0. The third kappa shape index (κ3) is 3.55. The normalized spacial score (nSPS) is 12.2. The highest BCUT2D eigenvalue weighted by Crippen LogP contribution is 2.32. The molecule has 2 rings (SSSR count). The zero-order valence-corrected chi connectivity index (χ0v) is 11.8. The molecule has 0 spiro atoms. The lowest BCUT2D eigenvalue weighted by molar-refractivity contribution is 0.407. The molecular weight excluding hydrogens is 279 g/mol. The number of hydrogen-bond donors (Lipinski definition) is 1. The molecule has 0 bridgehead atoms. The fraction of sp³-hybridized carbons (Fsp3) is 0.250. The summed E-state index contributed by atoms with van der Waals surface area (Å²) in [6.07, 6.45) is 0. The number of ether oxygens (including phenoxy) is 1. The van der Waals surface area contributed by atoms with Crippen LogP contribution in [0.25, 0.3) is 0 Å². The van der Waals surface area contributed by atoms with E-state index in [2.05, 4.69) is 5.32 Å². The molecule has 0 saturated carbocycles. The first-order valence-electron chi connectivity index (χ1n) is 6.67. The van der Waals surface area contributed by atoms with Gasteiger partial charge in [0.2, 0.25) is 5.82 Å². The van der Waals surface area contributed by atoms with E-state index in [1.165, 1.54) is 30.3 Å². The Labute approximate surface area is 121 Å². The summed E-state index contributed by atoms with van der Waals surface area (Å²) >= 11 is 0. The molecule has 0 amide bonds. The maximum absolute atomic E-state index is 13.7. The van der Waals surface area contributed by atoms with Gasteiger partial charge in [-0.15, -0.1) is 0 Å². The van der Waals surface area contributed by atoms with Crippen molar-refractivity contribution in [2.75, 3.05) is 6.54 Å². The van der Waals surface area contributed by atoms with E-state index in [0.717, 1.165) is 6.07 Å². The SMILES string of the molecule is CCNC(C)c1cc(F)ccc1Oc1cccc(F)c1F. The molecule has 0 aliphatic carbocycles. The second-order valence-electron chi connectivity index (χ2n) is 4.62. The van der Waals surface area contributed by atoms with E-state index in [0.29, 0.717) is 12.1 Å². The molecule has 2 aromatic carbocycles. The summed E-state index contributed by atoms with van der Waals surface area (Å²) in [6.45, 7) is 4.45. The van der Waals surface area contributed by atoms with Gasteiger partial charge in [-0.3, -0.25) is 0 Å². The van der Waals surface area contributed by atoms with E-state index in [1.54, 1.807) is 0 Å². The first-order valence-corrected chi connectivity index (χ1v) is 6.67. The van der Waals surface area contributed by atoms with E-state index >= 15 is 0 Å². The minimum atomic E-state index is -1.07. The third-order valence-corrected chi connectivity index (χ3v) is 3.08. The quantitative estimate of drug-likeness (QED) is 0.872. The number of rotatable bonds is 5. The largest absolute Gasteiger partial charge is 0.454 e. The standard InChI is InChI=1S/C16H16F3NO/c1-3-20-10(2)12-9-11(17)7-8-14(12)21-15-6-4-5-13(18)16(15)19/h4-10,20H,3H2,1-2H3. The van der Waals surface area contributed by atoms with Crippen LogP contribution in [0.2, 0.25) is 0 Å². The van der Waals surface area contributed by atoms with E-state index in [9.17, 15) is 13.2 Å². The van der Waals surface area contributed by atoms with Gasteiger partial charge in [-0.1, -0.05) is 13.0 Å². The van der Waals surface area contributed by atoms with Crippen molar-refractivity contribution in [2.24, 2.45) is 0 Å². The molecule has 0 saturated heterocycles. The summed E-state index contributed by atoms with van der Waals surface area (Å²) in [5.41, 5.74) is 0.542. The highest BCUT2D eigenvalue weighted by Gasteiger charge is 2.15. The van der Waals surface area contributed by atoms with Crippen LogP contribution in [0, 0.1) is 17.5 Å². The van der Waals surface area contributed by atoms with E-state index in [1.807, 2.05) is 13.8 Å². The highest BCUT2D eigenvalue weighted by atomic mass is 19.2. The van der Waals surface area contributed by atoms with Crippen LogP contribution in [0.3, 0.4) is 0 Å². The van der Waals surface area contributed by atoms with Crippen LogP contribution in [-0.2, 0) is 0 Å². The minimum Gasteiger partial charge on any atom is -0.454 e. The zero-order valence-electron chi connectivity index (χ0n) is 11.8. The molecule has 2 aromatic rings. The average molecular weight is 295 g/mol. The zero-order chi connectivity index (χ0) is 15.4. The summed E-state index contributed by atoms with van der Waals surface area (Å²) in [5, 5.41) is 3.13. The molecule has 1 unspecified atom stereocenters. The van der Waals surface area contributed by atoms with Crippen molar-refractivity contribution < 1.29 is 17.9 Å². The van der Waals surface area contributed by atoms with Crippen molar-refractivity contribution in [3.8, 4) is 11.5 Å². The van der Waals surface area contributed by atoms with Gasteiger partial charge in [0.1, 0.15) is 11.6 Å². The fourth-order valence-electron chi connectivity index (χ4n) is 2.05. The molecule has 112 valence electrons. The Balaban J connectivity index is 2.37. The van der Waals surface area contributed by atoms with Crippen LogP contribution >= 0.6 is 0 Å². The van der Waals surface area contributed by atoms with Gasteiger partial charge in [0.05, 0.1) is 0 Å². The molecular formula is C16H16F3NO. The average Bonchev–Trinajstić information content (AvgIpc) is 2.46. The molecule has 1 atom stereocenters. The number of benzene rings is 2. The highest BCUT2D eigenvalue weighted by molar-refractivity contribution is 5.40. The maximum Gasteiger partial charge on any atom is 0.201 e. The Morgan fingerprint density at radius 3 is 2.57 bits per heavy atom. The minimum absolute atomic E-state index is 0.183. The van der Waals surface area contributed by atoms with Crippen molar-refractivity contribution in [3.63, 3.8) is 0 Å². The van der Waals surface area contributed by atoms with Gasteiger partial charge in [0.25, 0.3) is 0 Å². The molecule has 21 heavy (non-hydrogen) atoms. The Morgan fingerprint density at radius 1 is 1.10 bits per heavy atom. The van der Waals surface area contributed by atoms with Crippen LogP contribution in [-0.4, -0.2) is 6.54 Å². The molecule has 2 nitrogen and oxygen atoms in total. The topological polar surface area (TPSA) is 21.3 Å². The van der Waals surface area contributed by atoms with Gasteiger partial charge < -0.3 is 10.1 Å². The van der Waals surface area contributed by atoms with Crippen molar-refractivity contribution in [1.29, 1.82) is 0 Å². The fourth-order valence-corrected chi connectivity index (χ4v) is 2.05. The van der Waals surface area contributed by atoms with Crippen molar-refractivity contribution in [1.82, 2.24) is 5.32 Å². The predicted molar refractivity (Wildman–Crippen MR) is 74.9 cm³/mol. The van der Waals surface area contributed by atoms with Gasteiger partial charge >= 0.3 is 0 Å². The Morgan fingerprint density at radius 2 is 1.86 bits per heavy atom. The molecule has 5 heteroatoms. The lowest BCUT2D eigenvalue weighted by atomic mass is 10.1. The first-order chi connectivity index (χ1) is 10.0.